The van der Waals surface area contributed by atoms with Gasteiger partial charge < -0.3 is 0 Å². The molecular weight excluding hydrogens is 247 g/mol. The Hall–Kier alpha value is -1.40. The third-order valence-corrected chi connectivity index (χ3v) is 2.64. The fraction of sp³-hybridized carbons (Fsp3) is 0.143. The van der Waals surface area contributed by atoms with Gasteiger partial charge in [0.2, 0.25) is 0 Å². The molecule has 0 saturated carbocycles. The third kappa shape index (κ3) is 2.00. The number of nitro groups is 2. The van der Waals surface area contributed by atoms with Crippen LogP contribution in [0.2, 0.25) is 10.0 Å². The maximum atomic E-state index is 10.6. The first-order valence-electron chi connectivity index (χ1n) is 3.63. The average molecular weight is 251 g/mol. The molecule has 0 fully saturated rings. The summed E-state index contributed by atoms with van der Waals surface area (Å²) in [5.41, 5.74) is -1.19. The Kier molecular flexibility index (Phi) is 3.11. The largest absolute Gasteiger partial charge is 0.364 e. The van der Waals surface area contributed by atoms with Crippen molar-refractivity contribution in [1.82, 2.24) is 0 Å². The number of rotatable bonds is 2. The molecule has 0 aliphatic carbocycles. The van der Waals surface area contributed by atoms with Crippen molar-refractivity contribution in [2.75, 3.05) is 0 Å². The van der Waals surface area contributed by atoms with E-state index in [9.17, 15) is 20.2 Å². The highest BCUT2D eigenvalue weighted by Gasteiger charge is 2.30. The normalized spacial score (nSPS) is 10.1. The minimum atomic E-state index is -0.899. The minimum absolute atomic E-state index is 0.0253. The first-order chi connectivity index (χ1) is 6.86. The van der Waals surface area contributed by atoms with E-state index in [1.165, 1.54) is 6.92 Å². The second kappa shape index (κ2) is 4.00. The number of hydrogen-bond acceptors (Lipinski definition) is 4. The first-order valence-corrected chi connectivity index (χ1v) is 4.39. The minimum Gasteiger partial charge on any atom is -0.258 e. The smallest absolute Gasteiger partial charge is 0.258 e. The predicted octanol–water partition coefficient (Wildman–Crippen LogP) is 3.12. The number of nitro benzene ring substituents is 2. The Morgan fingerprint density at radius 3 is 2.13 bits per heavy atom. The van der Waals surface area contributed by atoms with Gasteiger partial charge in [0.1, 0.15) is 5.02 Å². The van der Waals surface area contributed by atoms with Crippen molar-refractivity contribution in [3.05, 3.63) is 41.9 Å². The Morgan fingerprint density at radius 2 is 1.73 bits per heavy atom. The summed E-state index contributed by atoms with van der Waals surface area (Å²) in [6, 6.07) is 0.918. The fourth-order valence-corrected chi connectivity index (χ4v) is 1.52. The monoisotopic (exact) mass is 250 g/mol. The van der Waals surface area contributed by atoms with Gasteiger partial charge in [-0.3, -0.25) is 20.2 Å². The summed E-state index contributed by atoms with van der Waals surface area (Å²) in [5, 5.41) is 20.8. The van der Waals surface area contributed by atoms with Gasteiger partial charge in [-0.05, 0) is 12.5 Å². The zero-order valence-electron chi connectivity index (χ0n) is 7.36. The van der Waals surface area contributed by atoms with Gasteiger partial charge in [-0.25, -0.2) is 0 Å². The lowest BCUT2D eigenvalue weighted by Crippen LogP contribution is -1.99. The SMILES string of the molecule is Cc1c(Cl)cc([N+](=O)[O-])c([N+](=O)[O-])c1Cl. The Morgan fingerprint density at radius 1 is 1.20 bits per heavy atom. The maximum Gasteiger partial charge on any atom is 0.364 e. The van der Waals surface area contributed by atoms with Crippen LogP contribution in [-0.2, 0) is 0 Å². The predicted molar refractivity (Wildman–Crippen MR) is 54.5 cm³/mol. The van der Waals surface area contributed by atoms with E-state index in [0.717, 1.165) is 6.07 Å². The van der Waals surface area contributed by atoms with Crippen LogP contribution in [0.5, 0.6) is 0 Å². The van der Waals surface area contributed by atoms with Gasteiger partial charge in [-0.1, -0.05) is 23.2 Å². The lowest BCUT2D eigenvalue weighted by atomic mass is 10.2. The standard InChI is InChI=1S/C7H4Cl2N2O4/c1-3-4(8)2-5(10(12)13)7(6(3)9)11(14)15/h2H,1H3. The molecule has 0 N–H and O–H groups in total. The molecule has 1 aromatic rings. The number of nitrogens with zero attached hydrogens (tertiary/aromatic N) is 2. The van der Waals surface area contributed by atoms with E-state index in [0.29, 0.717) is 0 Å². The molecule has 8 heteroatoms. The van der Waals surface area contributed by atoms with E-state index < -0.39 is 21.2 Å². The van der Waals surface area contributed by atoms with Crippen molar-refractivity contribution in [2.24, 2.45) is 0 Å². The zero-order valence-corrected chi connectivity index (χ0v) is 8.87. The first kappa shape index (κ1) is 11.7. The molecule has 0 amide bonds. The van der Waals surface area contributed by atoms with Gasteiger partial charge in [-0.2, -0.15) is 0 Å². The summed E-state index contributed by atoms with van der Waals surface area (Å²) < 4.78 is 0. The molecule has 0 spiro atoms. The molecular formula is C7H4Cl2N2O4. The second-order valence-electron chi connectivity index (χ2n) is 2.68. The summed E-state index contributed by atoms with van der Waals surface area (Å²) in [4.78, 5) is 19.3. The van der Waals surface area contributed by atoms with Gasteiger partial charge in [-0.15, -0.1) is 0 Å². The molecule has 15 heavy (non-hydrogen) atoms. The van der Waals surface area contributed by atoms with Crippen LogP contribution in [0.1, 0.15) is 5.56 Å². The topological polar surface area (TPSA) is 86.3 Å². The summed E-state index contributed by atoms with van der Waals surface area (Å²) in [6.45, 7) is 1.45. The molecule has 1 aromatic carbocycles. The van der Waals surface area contributed by atoms with E-state index in [1.807, 2.05) is 0 Å². The van der Waals surface area contributed by atoms with Crippen LogP contribution in [0.4, 0.5) is 11.4 Å². The quantitative estimate of drug-likeness (QED) is 0.596. The highest BCUT2D eigenvalue weighted by atomic mass is 35.5. The molecule has 80 valence electrons. The summed E-state index contributed by atoms with van der Waals surface area (Å²) >= 11 is 11.2. The van der Waals surface area contributed by atoms with Crippen molar-refractivity contribution in [1.29, 1.82) is 0 Å². The highest BCUT2D eigenvalue weighted by Crippen LogP contribution is 2.40. The number of hydrogen-bond donors (Lipinski definition) is 0. The molecule has 0 saturated heterocycles. The molecule has 0 aliphatic heterocycles. The third-order valence-electron chi connectivity index (χ3n) is 1.78. The Bertz CT molecular complexity index is 461. The molecule has 0 atom stereocenters. The lowest BCUT2D eigenvalue weighted by molar-refractivity contribution is -0.422. The van der Waals surface area contributed by atoms with Crippen LogP contribution in [0.25, 0.3) is 0 Å². The maximum absolute atomic E-state index is 10.6. The molecule has 0 heterocycles. The van der Waals surface area contributed by atoms with Crippen LogP contribution in [0.3, 0.4) is 0 Å². The van der Waals surface area contributed by atoms with Crippen LogP contribution in [-0.4, -0.2) is 9.85 Å². The van der Waals surface area contributed by atoms with Crippen LogP contribution < -0.4 is 0 Å². The van der Waals surface area contributed by atoms with Gasteiger partial charge >= 0.3 is 11.4 Å². The summed E-state index contributed by atoms with van der Waals surface area (Å²) in [7, 11) is 0. The number of halogens is 2. The average Bonchev–Trinajstić information content (AvgIpc) is 2.12. The van der Waals surface area contributed by atoms with Gasteiger partial charge in [0.15, 0.2) is 0 Å². The molecule has 1 rings (SSSR count). The van der Waals surface area contributed by atoms with Crippen molar-refractivity contribution in [3.63, 3.8) is 0 Å². The van der Waals surface area contributed by atoms with Crippen molar-refractivity contribution in [2.45, 2.75) is 6.92 Å². The molecule has 0 unspecified atom stereocenters. The Balaban J connectivity index is 3.65. The zero-order chi connectivity index (χ0) is 11.7. The van der Waals surface area contributed by atoms with Crippen molar-refractivity contribution < 1.29 is 9.85 Å². The summed E-state index contributed by atoms with van der Waals surface area (Å²) in [6.07, 6.45) is 0. The molecule has 0 radical (unpaired) electrons. The van der Waals surface area contributed by atoms with Crippen LogP contribution in [0.15, 0.2) is 6.07 Å². The van der Waals surface area contributed by atoms with E-state index in [4.69, 9.17) is 23.2 Å². The fourth-order valence-electron chi connectivity index (χ4n) is 1.00. The molecule has 0 aromatic heterocycles. The van der Waals surface area contributed by atoms with E-state index in [2.05, 4.69) is 0 Å². The highest BCUT2D eigenvalue weighted by molar-refractivity contribution is 6.37. The molecule has 0 aliphatic rings. The summed E-state index contributed by atoms with van der Waals surface area (Å²) in [5.74, 6) is 0. The van der Waals surface area contributed by atoms with E-state index >= 15 is 0 Å². The van der Waals surface area contributed by atoms with E-state index in [-0.39, 0.29) is 15.6 Å². The van der Waals surface area contributed by atoms with Gasteiger partial charge in [0.05, 0.1) is 14.9 Å². The molecule has 0 bridgehead atoms. The van der Waals surface area contributed by atoms with Crippen LogP contribution in [0, 0.1) is 27.2 Å². The van der Waals surface area contributed by atoms with Crippen molar-refractivity contribution in [3.8, 4) is 0 Å². The van der Waals surface area contributed by atoms with Crippen LogP contribution >= 0.6 is 23.2 Å². The van der Waals surface area contributed by atoms with Gasteiger partial charge in [0.25, 0.3) is 0 Å². The van der Waals surface area contributed by atoms with Gasteiger partial charge in [0, 0.05) is 6.07 Å². The lowest BCUT2D eigenvalue weighted by Gasteiger charge is -2.02. The van der Waals surface area contributed by atoms with E-state index in [1.54, 1.807) is 0 Å². The second-order valence-corrected chi connectivity index (χ2v) is 3.46. The van der Waals surface area contributed by atoms with Crippen molar-refractivity contribution >= 4 is 34.6 Å². The molecule has 6 nitrogen and oxygen atoms in total. The Labute approximate surface area is 93.7 Å². The number of benzene rings is 1.